The van der Waals surface area contributed by atoms with Gasteiger partial charge in [-0.15, -0.1) is 0 Å². The van der Waals surface area contributed by atoms with Gasteiger partial charge in [-0.3, -0.25) is 4.79 Å². The van der Waals surface area contributed by atoms with Crippen molar-refractivity contribution in [1.29, 1.82) is 0 Å². The summed E-state index contributed by atoms with van der Waals surface area (Å²) in [6.45, 7) is 4.33. The second-order valence-corrected chi connectivity index (χ2v) is 4.98. The van der Waals surface area contributed by atoms with E-state index >= 15 is 0 Å². The van der Waals surface area contributed by atoms with Gasteiger partial charge in [-0.05, 0) is 12.1 Å². The van der Waals surface area contributed by atoms with E-state index in [1.165, 1.54) is 4.90 Å². The zero-order chi connectivity index (χ0) is 15.1. The van der Waals surface area contributed by atoms with E-state index in [-0.39, 0.29) is 5.91 Å². The maximum atomic E-state index is 12.0. The smallest absolute Gasteiger partial charge is 0.230 e. The van der Waals surface area contributed by atoms with Gasteiger partial charge in [0.15, 0.2) is 0 Å². The minimum absolute atomic E-state index is 0.00235. The Balaban J connectivity index is 1.86. The molecule has 0 aromatic heterocycles. The molecular weight excluding hydrogens is 272 g/mol. The van der Waals surface area contributed by atoms with Crippen molar-refractivity contribution in [1.82, 2.24) is 0 Å². The van der Waals surface area contributed by atoms with Gasteiger partial charge in [-0.2, -0.15) is 0 Å². The molecule has 0 spiro atoms. The molecular formula is C15H23N2O4+. The van der Waals surface area contributed by atoms with E-state index in [1.807, 2.05) is 0 Å². The zero-order valence-electron chi connectivity index (χ0n) is 12.6. The Morgan fingerprint density at radius 2 is 2.05 bits per heavy atom. The summed E-state index contributed by atoms with van der Waals surface area (Å²) in [6, 6.07) is 5.34. The number of amides is 1. The number of carbonyl (C=O) groups is 1. The Bertz CT molecular complexity index is 473. The standard InChI is InChI=1S/C15H22N2O4/c1-19-12-3-4-13(14(11-12)20-2)16-15(18)5-6-17-7-9-21-10-8-17/h3-4,11H,5-10H2,1-2H3,(H,16,18)/p+1. The lowest BCUT2D eigenvalue weighted by Crippen LogP contribution is -3.14. The molecule has 0 unspecified atom stereocenters. The van der Waals surface area contributed by atoms with E-state index in [0.717, 1.165) is 32.8 Å². The van der Waals surface area contributed by atoms with Gasteiger partial charge in [-0.25, -0.2) is 0 Å². The van der Waals surface area contributed by atoms with Crippen LogP contribution < -0.4 is 19.7 Å². The molecule has 0 aliphatic carbocycles. The predicted octanol–water partition coefficient (Wildman–Crippen LogP) is -0.0525. The third-order valence-electron chi connectivity index (χ3n) is 3.59. The molecule has 6 heteroatoms. The van der Waals surface area contributed by atoms with Crippen LogP contribution in [0.5, 0.6) is 11.5 Å². The monoisotopic (exact) mass is 295 g/mol. The predicted molar refractivity (Wildman–Crippen MR) is 79.2 cm³/mol. The Kier molecular flexibility index (Phi) is 5.83. The van der Waals surface area contributed by atoms with Crippen LogP contribution in [-0.2, 0) is 9.53 Å². The Morgan fingerprint density at radius 3 is 2.71 bits per heavy atom. The first-order valence-corrected chi connectivity index (χ1v) is 7.16. The van der Waals surface area contributed by atoms with Gasteiger partial charge in [0.2, 0.25) is 5.91 Å². The first kappa shape index (κ1) is 15.6. The maximum absolute atomic E-state index is 12.0. The van der Waals surface area contributed by atoms with E-state index in [1.54, 1.807) is 32.4 Å². The van der Waals surface area contributed by atoms with Gasteiger partial charge in [0.1, 0.15) is 24.6 Å². The molecule has 1 fully saturated rings. The average Bonchev–Trinajstić information content (AvgIpc) is 2.54. The van der Waals surface area contributed by atoms with Crippen molar-refractivity contribution < 1.29 is 23.9 Å². The van der Waals surface area contributed by atoms with Crippen LogP contribution in [0.4, 0.5) is 5.69 Å². The minimum Gasteiger partial charge on any atom is -0.497 e. The molecule has 0 atom stereocenters. The first-order valence-electron chi connectivity index (χ1n) is 7.16. The fourth-order valence-electron chi connectivity index (χ4n) is 2.31. The molecule has 1 aliphatic rings. The molecule has 1 heterocycles. The zero-order valence-corrected chi connectivity index (χ0v) is 12.6. The van der Waals surface area contributed by atoms with E-state index in [9.17, 15) is 4.79 Å². The number of ether oxygens (including phenoxy) is 3. The lowest BCUT2D eigenvalue weighted by atomic mass is 10.2. The number of quaternary nitrogens is 1. The molecule has 21 heavy (non-hydrogen) atoms. The molecule has 1 amide bonds. The summed E-state index contributed by atoms with van der Waals surface area (Å²) in [4.78, 5) is 13.5. The molecule has 2 N–H and O–H groups in total. The van der Waals surface area contributed by atoms with E-state index in [4.69, 9.17) is 14.2 Å². The number of hydrogen-bond donors (Lipinski definition) is 2. The van der Waals surface area contributed by atoms with Crippen LogP contribution in [0, 0.1) is 0 Å². The molecule has 1 aliphatic heterocycles. The summed E-state index contributed by atoms with van der Waals surface area (Å²) in [5, 5.41) is 2.89. The Hall–Kier alpha value is -1.79. The molecule has 0 saturated carbocycles. The number of carbonyl (C=O) groups excluding carboxylic acids is 1. The summed E-state index contributed by atoms with van der Waals surface area (Å²) >= 11 is 0. The van der Waals surface area contributed by atoms with Crippen LogP contribution in [0.1, 0.15) is 6.42 Å². The van der Waals surface area contributed by atoms with Crippen molar-refractivity contribution in [2.24, 2.45) is 0 Å². The normalized spacial score (nSPS) is 15.5. The van der Waals surface area contributed by atoms with Gasteiger partial charge < -0.3 is 24.4 Å². The molecule has 1 saturated heterocycles. The number of morpholine rings is 1. The van der Waals surface area contributed by atoms with Crippen LogP contribution in [-0.4, -0.2) is 53.0 Å². The number of benzene rings is 1. The molecule has 0 bridgehead atoms. The highest BCUT2D eigenvalue weighted by Gasteiger charge is 2.16. The molecule has 6 nitrogen and oxygen atoms in total. The summed E-state index contributed by atoms with van der Waals surface area (Å²) < 4.78 is 15.7. The van der Waals surface area contributed by atoms with Crippen molar-refractivity contribution in [3.8, 4) is 11.5 Å². The summed E-state index contributed by atoms with van der Waals surface area (Å²) in [7, 11) is 3.17. The lowest BCUT2D eigenvalue weighted by molar-refractivity contribution is -0.907. The molecule has 2 rings (SSSR count). The van der Waals surface area contributed by atoms with Crippen molar-refractivity contribution in [3.05, 3.63) is 18.2 Å². The highest BCUT2D eigenvalue weighted by molar-refractivity contribution is 5.92. The van der Waals surface area contributed by atoms with Gasteiger partial charge in [-0.1, -0.05) is 0 Å². The van der Waals surface area contributed by atoms with E-state index < -0.39 is 0 Å². The minimum atomic E-state index is -0.00235. The second-order valence-electron chi connectivity index (χ2n) is 4.98. The highest BCUT2D eigenvalue weighted by Crippen LogP contribution is 2.28. The van der Waals surface area contributed by atoms with Crippen LogP contribution in [0.3, 0.4) is 0 Å². The van der Waals surface area contributed by atoms with Gasteiger partial charge in [0.05, 0.1) is 46.1 Å². The third-order valence-corrected chi connectivity index (χ3v) is 3.59. The Labute approximate surface area is 125 Å². The van der Waals surface area contributed by atoms with Crippen molar-refractivity contribution >= 4 is 11.6 Å². The number of rotatable bonds is 6. The van der Waals surface area contributed by atoms with Gasteiger partial charge >= 0.3 is 0 Å². The van der Waals surface area contributed by atoms with Crippen LogP contribution in [0.25, 0.3) is 0 Å². The summed E-state index contributed by atoms with van der Waals surface area (Å²) in [5.41, 5.74) is 0.667. The first-order chi connectivity index (χ1) is 10.2. The van der Waals surface area contributed by atoms with Crippen molar-refractivity contribution in [3.63, 3.8) is 0 Å². The molecule has 1 aromatic rings. The van der Waals surface area contributed by atoms with Crippen LogP contribution in [0.15, 0.2) is 18.2 Å². The van der Waals surface area contributed by atoms with Gasteiger partial charge in [0, 0.05) is 6.07 Å². The fourth-order valence-corrected chi connectivity index (χ4v) is 2.31. The lowest BCUT2D eigenvalue weighted by Gasteiger charge is -2.23. The topological polar surface area (TPSA) is 61.2 Å². The quantitative estimate of drug-likeness (QED) is 0.772. The van der Waals surface area contributed by atoms with Crippen molar-refractivity contribution in [2.45, 2.75) is 6.42 Å². The number of nitrogens with one attached hydrogen (secondary N) is 2. The Morgan fingerprint density at radius 1 is 1.29 bits per heavy atom. The van der Waals surface area contributed by atoms with E-state index in [2.05, 4.69) is 5.32 Å². The third kappa shape index (κ3) is 4.61. The average molecular weight is 295 g/mol. The second kappa shape index (κ2) is 7.85. The highest BCUT2D eigenvalue weighted by atomic mass is 16.5. The largest absolute Gasteiger partial charge is 0.497 e. The summed E-state index contributed by atoms with van der Waals surface area (Å²) in [5.74, 6) is 1.29. The number of anilines is 1. The SMILES string of the molecule is COc1ccc(NC(=O)CC[NH+]2CCOCC2)c(OC)c1. The molecule has 116 valence electrons. The fraction of sp³-hybridized carbons (Fsp3) is 0.533. The molecule has 1 aromatic carbocycles. The molecule has 0 radical (unpaired) electrons. The number of methoxy groups -OCH3 is 2. The summed E-state index contributed by atoms with van der Waals surface area (Å²) in [6.07, 6.45) is 0.491. The number of hydrogen-bond acceptors (Lipinski definition) is 4. The van der Waals surface area contributed by atoms with E-state index in [0.29, 0.717) is 23.6 Å². The van der Waals surface area contributed by atoms with Crippen molar-refractivity contribution in [2.75, 3.05) is 52.4 Å². The van der Waals surface area contributed by atoms with Crippen LogP contribution >= 0.6 is 0 Å². The van der Waals surface area contributed by atoms with Crippen LogP contribution in [0.2, 0.25) is 0 Å². The van der Waals surface area contributed by atoms with Gasteiger partial charge in [0.25, 0.3) is 0 Å². The maximum Gasteiger partial charge on any atom is 0.230 e.